The van der Waals surface area contributed by atoms with Crippen LogP contribution < -0.4 is 5.32 Å². The van der Waals surface area contributed by atoms with Gasteiger partial charge < -0.3 is 10.1 Å². The Morgan fingerprint density at radius 2 is 2.00 bits per heavy atom. The Morgan fingerprint density at radius 1 is 1.35 bits per heavy atom. The van der Waals surface area contributed by atoms with Crippen LogP contribution >= 0.6 is 0 Å². The summed E-state index contributed by atoms with van der Waals surface area (Å²) in [6.07, 6.45) is 3.68. The zero-order valence-corrected chi connectivity index (χ0v) is 10.4. The maximum absolute atomic E-state index is 12.8. The van der Waals surface area contributed by atoms with Crippen LogP contribution in [-0.4, -0.2) is 26.3 Å². The van der Waals surface area contributed by atoms with Crippen LogP contribution in [0.3, 0.4) is 0 Å². The number of hydrogen-bond donors (Lipinski definition) is 1. The first kappa shape index (κ1) is 12.5. The van der Waals surface area contributed by atoms with Crippen molar-refractivity contribution in [2.24, 2.45) is 5.92 Å². The molecule has 0 aromatic heterocycles. The first-order valence-corrected chi connectivity index (χ1v) is 6.19. The van der Waals surface area contributed by atoms with Crippen LogP contribution in [0.5, 0.6) is 0 Å². The second-order valence-corrected chi connectivity index (χ2v) is 4.76. The number of methoxy groups -OCH3 is 1. The average molecular weight is 237 g/mol. The van der Waals surface area contributed by atoms with Gasteiger partial charge in [0.05, 0.1) is 6.10 Å². The Bertz CT molecular complexity index is 348. The quantitative estimate of drug-likeness (QED) is 0.820. The van der Waals surface area contributed by atoms with Crippen LogP contribution in [0, 0.1) is 11.7 Å². The smallest absolute Gasteiger partial charge is 0.123 e. The molecule has 0 aliphatic heterocycles. The summed E-state index contributed by atoms with van der Waals surface area (Å²) in [5, 5.41) is 3.32. The highest BCUT2D eigenvalue weighted by Gasteiger charge is 2.36. The summed E-state index contributed by atoms with van der Waals surface area (Å²) >= 11 is 0. The Labute approximate surface area is 102 Å². The normalized spacial score (nSPS) is 19.0. The Kier molecular flexibility index (Phi) is 4.13. The number of hydrogen-bond acceptors (Lipinski definition) is 2. The number of rotatable bonds is 6. The molecule has 1 saturated carbocycles. The summed E-state index contributed by atoms with van der Waals surface area (Å²) in [4.78, 5) is 0. The molecule has 0 radical (unpaired) electrons. The van der Waals surface area contributed by atoms with Gasteiger partial charge in [0.15, 0.2) is 0 Å². The van der Waals surface area contributed by atoms with Gasteiger partial charge >= 0.3 is 0 Å². The second-order valence-electron chi connectivity index (χ2n) is 4.76. The third kappa shape index (κ3) is 3.27. The van der Waals surface area contributed by atoms with Gasteiger partial charge in [-0.05, 0) is 49.9 Å². The Hall–Kier alpha value is -0.930. The summed E-state index contributed by atoms with van der Waals surface area (Å²) in [5.74, 6) is 0.512. The van der Waals surface area contributed by atoms with Crippen molar-refractivity contribution in [3.8, 4) is 0 Å². The van der Waals surface area contributed by atoms with Crippen molar-refractivity contribution in [3.63, 3.8) is 0 Å². The van der Waals surface area contributed by atoms with E-state index in [-0.39, 0.29) is 11.9 Å². The van der Waals surface area contributed by atoms with Gasteiger partial charge in [-0.2, -0.15) is 0 Å². The zero-order valence-electron chi connectivity index (χ0n) is 10.4. The molecule has 0 heterocycles. The van der Waals surface area contributed by atoms with E-state index in [0.717, 1.165) is 12.0 Å². The molecule has 1 aliphatic carbocycles. The van der Waals surface area contributed by atoms with E-state index >= 15 is 0 Å². The minimum Gasteiger partial charge on any atom is -0.380 e. The van der Waals surface area contributed by atoms with Crippen molar-refractivity contribution in [2.75, 3.05) is 14.2 Å². The van der Waals surface area contributed by atoms with Gasteiger partial charge in [-0.15, -0.1) is 0 Å². The maximum Gasteiger partial charge on any atom is 0.123 e. The molecule has 1 aliphatic rings. The molecule has 2 atom stereocenters. The first-order valence-electron chi connectivity index (χ1n) is 6.19. The van der Waals surface area contributed by atoms with Crippen LogP contribution in [0.4, 0.5) is 4.39 Å². The number of likely N-dealkylation sites (N-methyl/N-ethyl adjacent to an activating group) is 1. The largest absolute Gasteiger partial charge is 0.380 e. The van der Waals surface area contributed by atoms with Crippen LogP contribution in [0.15, 0.2) is 24.3 Å². The molecular weight excluding hydrogens is 217 g/mol. The minimum atomic E-state index is -0.180. The molecule has 94 valence electrons. The van der Waals surface area contributed by atoms with Crippen molar-refractivity contribution >= 4 is 0 Å². The van der Waals surface area contributed by atoms with Crippen molar-refractivity contribution in [1.82, 2.24) is 5.32 Å². The lowest BCUT2D eigenvalue weighted by Gasteiger charge is -2.25. The van der Waals surface area contributed by atoms with Crippen molar-refractivity contribution in [3.05, 3.63) is 35.6 Å². The topological polar surface area (TPSA) is 21.3 Å². The van der Waals surface area contributed by atoms with Gasteiger partial charge in [0.2, 0.25) is 0 Å². The third-order valence-corrected chi connectivity index (χ3v) is 3.50. The van der Waals surface area contributed by atoms with E-state index in [0.29, 0.717) is 12.0 Å². The van der Waals surface area contributed by atoms with Gasteiger partial charge in [-0.25, -0.2) is 4.39 Å². The molecule has 1 N–H and O–H groups in total. The van der Waals surface area contributed by atoms with Gasteiger partial charge in [-0.1, -0.05) is 12.1 Å². The fourth-order valence-electron chi connectivity index (χ4n) is 2.37. The molecule has 0 saturated heterocycles. The maximum atomic E-state index is 12.8. The molecular formula is C14H20FNO. The lowest BCUT2D eigenvalue weighted by molar-refractivity contribution is 0.0534. The predicted molar refractivity (Wildman–Crippen MR) is 66.5 cm³/mol. The van der Waals surface area contributed by atoms with Crippen LogP contribution in [0.2, 0.25) is 0 Å². The summed E-state index contributed by atoms with van der Waals surface area (Å²) in [6.45, 7) is 0. The zero-order chi connectivity index (χ0) is 12.3. The molecule has 0 spiro atoms. The fourth-order valence-corrected chi connectivity index (χ4v) is 2.37. The van der Waals surface area contributed by atoms with E-state index in [1.165, 1.54) is 25.0 Å². The van der Waals surface area contributed by atoms with Crippen LogP contribution in [0.25, 0.3) is 0 Å². The molecule has 17 heavy (non-hydrogen) atoms. The van der Waals surface area contributed by atoms with E-state index in [2.05, 4.69) is 5.32 Å². The lowest BCUT2D eigenvalue weighted by atomic mass is 9.98. The molecule has 0 amide bonds. The minimum absolute atomic E-state index is 0.180. The van der Waals surface area contributed by atoms with E-state index in [1.54, 1.807) is 7.11 Å². The number of nitrogens with one attached hydrogen (secondary N) is 1. The molecule has 0 bridgehead atoms. The monoisotopic (exact) mass is 237 g/mol. The number of ether oxygens (including phenoxy) is 1. The molecule has 1 aromatic carbocycles. The van der Waals surface area contributed by atoms with Gasteiger partial charge in [0.25, 0.3) is 0 Å². The predicted octanol–water partition coefficient (Wildman–Crippen LogP) is 2.38. The first-order chi connectivity index (χ1) is 8.24. The second kappa shape index (κ2) is 5.61. The van der Waals surface area contributed by atoms with E-state index in [1.807, 2.05) is 19.2 Å². The highest BCUT2D eigenvalue weighted by Crippen LogP contribution is 2.36. The molecule has 1 aromatic rings. The van der Waals surface area contributed by atoms with Gasteiger partial charge in [-0.3, -0.25) is 0 Å². The number of halogens is 1. The van der Waals surface area contributed by atoms with E-state index < -0.39 is 0 Å². The molecule has 2 unspecified atom stereocenters. The third-order valence-electron chi connectivity index (χ3n) is 3.50. The fraction of sp³-hybridized carbons (Fsp3) is 0.571. The van der Waals surface area contributed by atoms with Crippen molar-refractivity contribution in [2.45, 2.75) is 31.4 Å². The highest BCUT2D eigenvalue weighted by atomic mass is 19.1. The SMILES string of the molecule is CNC(Cc1ccc(F)cc1)C(OC)C1CC1. The molecule has 2 nitrogen and oxygen atoms in total. The number of benzene rings is 1. The Balaban J connectivity index is 2.00. The van der Waals surface area contributed by atoms with Crippen LogP contribution in [-0.2, 0) is 11.2 Å². The summed E-state index contributed by atoms with van der Waals surface area (Å²) in [5.41, 5.74) is 1.15. The lowest BCUT2D eigenvalue weighted by Crippen LogP contribution is -2.41. The van der Waals surface area contributed by atoms with Crippen molar-refractivity contribution in [1.29, 1.82) is 0 Å². The highest BCUT2D eigenvalue weighted by molar-refractivity contribution is 5.17. The van der Waals surface area contributed by atoms with Crippen molar-refractivity contribution < 1.29 is 9.13 Å². The Morgan fingerprint density at radius 3 is 2.47 bits per heavy atom. The summed E-state index contributed by atoms with van der Waals surface area (Å²) < 4.78 is 18.4. The standard InChI is InChI=1S/C14H20FNO/c1-16-13(14(17-2)11-5-6-11)9-10-3-7-12(15)8-4-10/h3-4,7-8,11,13-14,16H,5-6,9H2,1-2H3. The van der Waals surface area contributed by atoms with Gasteiger partial charge in [0.1, 0.15) is 5.82 Å². The molecule has 3 heteroatoms. The van der Waals surface area contributed by atoms with Crippen LogP contribution in [0.1, 0.15) is 18.4 Å². The summed E-state index contributed by atoms with van der Waals surface area (Å²) in [6, 6.07) is 7.03. The molecule has 2 rings (SSSR count). The summed E-state index contributed by atoms with van der Waals surface area (Å²) in [7, 11) is 3.74. The van der Waals surface area contributed by atoms with E-state index in [9.17, 15) is 4.39 Å². The van der Waals surface area contributed by atoms with Gasteiger partial charge in [0, 0.05) is 13.2 Å². The average Bonchev–Trinajstić information content (AvgIpc) is 3.16. The van der Waals surface area contributed by atoms with E-state index in [4.69, 9.17) is 4.74 Å². The molecule has 1 fully saturated rings.